The second-order valence-electron chi connectivity index (χ2n) is 5.40. The molecule has 1 heterocycles. The summed E-state index contributed by atoms with van der Waals surface area (Å²) < 4.78 is 0. The molecule has 0 aliphatic carbocycles. The Kier molecular flexibility index (Phi) is 3.67. The monoisotopic (exact) mass is 278 g/mol. The molecule has 6 heteroatoms. The van der Waals surface area contributed by atoms with Crippen molar-refractivity contribution in [1.82, 2.24) is 10.2 Å². The first-order valence-electron chi connectivity index (χ1n) is 6.39. The molecule has 0 aromatic heterocycles. The molecule has 2 rings (SSSR count). The normalized spacial score (nSPS) is 19.1. The van der Waals surface area contributed by atoms with Crippen molar-refractivity contribution in [2.24, 2.45) is 0 Å². The van der Waals surface area contributed by atoms with Gasteiger partial charge in [0.2, 0.25) is 5.91 Å². The van der Waals surface area contributed by atoms with Crippen molar-refractivity contribution < 1.29 is 19.8 Å². The summed E-state index contributed by atoms with van der Waals surface area (Å²) in [4.78, 5) is 24.8. The van der Waals surface area contributed by atoms with Crippen molar-refractivity contribution in [2.75, 3.05) is 6.54 Å². The van der Waals surface area contributed by atoms with E-state index in [2.05, 4.69) is 5.32 Å². The molecule has 1 amide bonds. The molecule has 0 bridgehead atoms. The van der Waals surface area contributed by atoms with E-state index in [-0.39, 0.29) is 24.6 Å². The molecule has 0 saturated carbocycles. The summed E-state index contributed by atoms with van der Waals surface area (Å²) in [5, 5.41) is 21.7. The number of hydrogen-bond donors (Lipinski definition) is 3. The molecule has 1 fully saturated rings. The number of aliphatic carboxylic acids is 1. The van der Waals surface area contributed by atoms with Crippen LogP contribution in [-0.4, -0.2) is 45.2 Å². The quantitative estimate of drug-likeness (QED) is 0.748. The van der Waals surface area contributed by atoms with Crippen LogP contribution in [0, 0.1) is 0 Å². The Balaban J connectivity index is 2.25. The summed E-state index contributed by atoms with van der Waals surface area (Å²) in [5.74, 6) is -1.13. The highest BCUT2D eigenvalue weighted by Crippen LogP contribution is 2.23. The van der Waals surface area contributed by atoms with Crippen LogP contribution in [0.2, 0.25) is 0 Å². The van der Waals surface area contributed by atoms with Gasteiger partial charge in [0, 0.05) is 6.42 Å². The first kappa shape index (κ1) is 14.3. The van der Waals surface area contributed by atoms with Crippen molar-refractivity contribution in [3.63, 3.8) is 0 Å². The Bertz CT molecular complexity index is 524. The lowest BCUT2D eigenvalue weighted by Gasteiger charge is -2.36. The minimum Gasteiger partial charge on any atom is -0.508 e. The van der Waals surface area contributed by atoms with Crippen LogP contribution in [0.3, 0.4) is 0 Å². The van der Waals surface area contributed by atoms with Crippen molar-refractivity contribution >= 4 is 11.9 Å². The third kappa shape index (κ3) is 2.75. The Morgan fingerprint density at radius 1 is 1.40 bits per heavy atom. The van der Waals surface area contributed by atoms with Crippen LogP contribution in [0.4, 0.5) is 0 Å². The lowest BCUT2D eigenvalue weighted by molar-refractivity contribution is -0.151. The predicted molar refractivity (Wildman–Crippen MR) is 72.2 cm³/mol. The van der Waals surface area contributed by atoms with Gasteiger partial charge in [-0.25, -0.2) is 4.79 Å². The maximum atomic E-state index is 11.9. The first-order chi connectivity index (χ1) is 9.31. The number of carbonyl (C=O) groups excluding carboxylic acids is 1. The Hall–Kier alpha value is -2.08. The predicted octanol–water partition coefficient (Wildman–Crippen LogP) is 0.556. The molecule has 6 nitrogen and oxygen atoms in total. The molecule has 3 N–H and O–H groups in total. The van der Waals surface area contributed by atoms with Gasteiger partial charge < -0.3 is 15.1 Å². The van der Waals surface area contributed by atoms with E-state index in [1.54, 1.807) is 26.0 Å². The largest absolute Gasteiger partial charge is 0.508 e. The second kappa shape index (κ2) is 5.13. The molecule has 1 unspecified atom stereocenters. The second-order valence-corrected chi connectivity index (χ2v) is 5.40. The third-order valence-corrected chi connectivity index (χ3v) is 3.51. The van der Waals surface area contributed by atoms with E-state index in [1.165, 1.54) is 17.0 Å². The number of phenols is 1. The van der Waals surface area contributed by atoms with Crippen LogP contribution < -0.4 is 5.32 Å². The SMILES string of the molecule is CC1(C)NCC(=O)N1C(Cc1ccc(O)cc1)C(=O)O. The van der Waals surface area contributed by atoms with Crippen molar-refractivity contribution in [3.8, 4) is 5.75 Å². The topological polar surface area (TPSA) is 89.9 Å². The zero-order valence-corrected chi connectivity index (χ0v) is 11.5. The van der Waals surface area contributed by atoms with Gasteiger partial charge in [-0.1, -0.05) is 12.1 Å². The number of aromatic hydroxyl groups is 1. The Labute approximate surface area is 117 Å². The highest BCUT2D eigenvalue weighted by molar-refractivity contribution is 5.87. The van der Waals surface area contributed by atoms with E-state index in [4.69, 9.17) is 0 Å². The highest BCUT2D eigenvalue weighted by atomic mass is 16.4. The van der Waals surface area contributed by atoms with E-state index in [0.717, 1.165) is 5.56 Å². The maximum Gasteiger partial charge on any atom is 0.326 e. The van der Waals surface area contributed by atoms with Crippen LogP contribution >= 0.6 is 0 Å². The van der Waals surface area contributed by atoms with Crippen molar-refractivity contribution in [2.45, 2.75) is 32.0 Å². The summed E-state index contributed by atoms with van der Waals surface area (Å²) in [6.07, 6.45) is 0.201. The lowest BCUT2D eigenvalue weighted by atomic mass is 10.0. The average Bonchev–Trinajstić information content (AvgIpc) is 2.63. The number of rotatable bonds is 4. The number of hydrogen-bond acceptors (Lipinski definition) is 4. The standard InChI is InChI=1S/C14H18N2O4/c1-14(2)15-8-12(18)16(14)11(13(19)20)7-9-3-5-10(17)6-4-9/h3-6,11,15,17H,7-8H2,1-2H3,(H,19,20). The van der Waals surface area contributed by atoms with Gasteiger partial charge in [0.15, 0.2) is 0 Å². The van der Waals surface area contributed by atoms with Gasteiger partial charge in [-0.15, -0.1) is 0 Å². The number of phenolic OH excluding ortho intramolecular Hbond substituents is 1. The van der Waals surface area contributed by atoms with Gasteiger partial charge in [0.25, 0.3) is 0 Å². The summed E-state index contributed by atoms with van der Waals surface area (Å²) >= 11 is 0. The molecule has 1 aliphatic rings. The molecular weight excluding hydrogens is 260 g/mol. The summed E-state index contributed by atoms with van der Waals surface area (Å²) in [7, 11) is 0. The van der Waals surface area contributed by atoms with Gasteiger partial charge in [-0.2, -0.15) is 0 Å². The van der Waals surface area contributed by atoms with Gasteiger partial charge in [-0.05, 0) is 31.5 Å². The van der Waals surface area contributed by atoms with Gasteiger partial charge in [0.05, 0.1) is 12.2 Å². The number of amides is 1. The molecule has 0 spiro atoms. The van der Waals surface area contributed by atoms with Crippen LogP contribution in [-0.2, 0) is 16.0 Å². The smallest absolute Gasteiger partial charge is 0.326 e. The van der Waals surface area contributed by atoms with E-state index in [0.29, 0.717) is 0 Å². The molecule has 1 aliphatic heterocycles. The van der Waals surface area contributed by atoms with Crippen LogP contribution in [0.15, 0.2) is 24.3 Å². The molecule has 1 saturated heterocycles. The van der Waals surface area contributed by atoms with Crippen molar-refractivity contribution in [1.29, 1.82) is 0 Å². The van der Waals surface area contributed by atoms with Gasteiger partial charge in [-0.3, -0.25) is 10.1 Å². The molecule has 1 atom stereocenters. The summed E-state index contributed by atoms with van der Waals surface area (Å²) in [5.41, 5.74) is 0.0718. The number of carboxylic acids is 1. The molecule has 1 aromatic carbocycles. The zero-order valence-electron chi connectivity index (χ0n) is 11.5. The Morgan fingerprint density at radius 2 is 2.00 bits per heavy atom. The fraction of sp³-hybridized carbons (Fsp3) is 0.429. The fourth-order valence-corrected chi connectivity index (χ4v) is 2.48. The number of carbonyl (C=O) groups is 2. The molecular formula is C14H18N2O4. The average molecular weight is 278 g/mol. The minimum absolute atomic E-state index is 0.125. The van der Waals surface area contributed by atoms with Crippen LogP contribution in [0.25, 0.3) is 0 Å². The maximum absolute atomic E-state index is 11.9. The number of benzene rings is 1. The highest BCUT2D eigenvalue weighted by Gasteiger charge is 2.44. The zero-order chi connectivity index (χ0) is 14.9. The third-order valence-electron chi connectivity index (χ3n) is 3.51. The van der Waals surface area contributed by atoms with E-state index >= 15 is 0 Å². The summed E-state index contributed by atoms with van der Waals surface area (Å²) in [6, 6.07) is 5.39. The van der Waals surface area contributed by atoms with Gasteiger partial charge in [0.1, 0.15) is 11.8 Å². The van der Waals surface area contributed by atoms with Crippen molar-refractivity contribution in [3.05, 3.63) is 29.8 Å². The summed E-state index contributed by atoms with van der Waals surface area (Å²) in [6.45, 7) is 3.71. The van der Waals surface area contributed by atoms with Crippen LogP contribution in [0.1, 0.15) is 19.4 Å². The molecule has 20 heavy (non-hydrogen) atoms. The number of carboxylic acid groups (broad SMARTS) is 1. The first-order valence-corrected chi connectivity index (χ1v) is 6.39. The molecule has 1 aromatic rings. The fourth-order valence-electron chi connectivity index (χ4n) is 2.48. The van der Waals surface area contributed by atoms with E-state index in [1.807, 2.05) is 0 Å². The van der Waals surface area contributed by atoms with E-state index < -0.39 is 17.7 Å². The molecule has 108 valence electrons. The minimum atomic E-state index is -1.04. The van der Waals surface area contributed by atoms with E-state index in [9.17, 15) is 19.8 Å². The van der Waals surface area contributed by atoms with Crippen LogP contribution in [0.5, 0.6) is 5.75 Å². The number of nitrogens with zero attached hydrogens (tertiary/aromatic N) is 1. The molecule has 0 radical (unpaired) electrons. The number of nitrogens with one attached hydrogen (secondary N) is 1. The van der Waals surface area contributed by atoms with Gasteiger partial charge >= 0.3 is 5.97 Å². The Morgan fingerprint density at radius 3 is 2.45 bits per heavy atom. The lowest BCUT2D eigenvalue weighted by Crippen LogP contribution is -2.55.